The van der Waals surface area contributed by atoms with Gasteiger partial charge in [0, 0.05) is 0 Å². The average molecular weight is 240 g/mol. The van der Waals surface area contributed by atoms with E-state index in [1.54, 1.807) is 0 Å². The molecule has 0 aliphatic carbocycles. The van der Waals surface area contributed by atoms with E-state index in [0.717, 1.165) is 0 Å². The molecule has 0 aromatic rings. The van der Waals surface area contributed by atoms with E-state index in [0.29, 0.717) is 0 Å². The first kappa shape index (κ1) is 13.7. The summed E-state index contributed by atoms with van der Waals surface area (Å²) >= 11 is 0. The third-order valence-electron chi connectivity index (χ3n) is 2.65. The number of aliphatic hydroxyl groups is 7. The minimum absolute atomic E-state index is 0.731. The molecule has 0 spiro atoms. The highest BCUT2D eigenvalue weighted by Crippen LogP contribution is 2.30. The molecule has 1 rings (SSSR count). The van der Waals surface area contributed by atoms with Crippen molar-refractivity contribution in [2.24, 2.45) is 0 Å². The van der Waals surface area contributed by atoms with E-state index in [9.17, 15) is 25.5 Å². The topological polar surface area (TPSA) is 151 Å². The zero-order valence-electron chi connectivity index (χ0n) is 8.34. The van der Waals surface area contributed by atoms with Gasteiger partial charge in [0.1, 0.15) is 30.5 Å². The first-order valence-corrected chi connectivity index (χ1v) is 4.72. The maximum absolute atomic E-state index is 9.73. The van der Waals surface area contributed by atoms with E-state index in [1.165, 1.54) is 0 Å². The van der Waals surface area contributed by atoms with E-state index in [1.807, 2.05) is 0 Å². The summed E-state index contributed by atoms with van der Waals surface area (Å²) in [4.78, 5) is 0. The van der Waals surface area contributed by atoms with Gasteiger partial charge >= 0.3 is 0 Å². The Bertz CT molecular complexity index is 234. The molecule has 8 heteroatoms. The van der Waals surface area contributed by atoms with Gasteiger partial charge in [0.2, 0.25) is 5.79 Å². The van der Waals surface area contributed by atoms with E-state index >= 15 is 0 Å². The fourth-order valence-electron chi connectivity index (χ4n) is 1.58. The molecule has 0 saturated carbocycles. The normalized spacial score (nSPS) is 46.7. The smallest absolute Gasteiger partial charge is 0.224 e. The van der Waals surface area contributed by atoms with Crippen LogP contribution in [0.3, 0.4) is 0 Å². The number of hydrogen-bond donors (Lipinski definition) is 7. The lowest BCUT2D eigenvalue weighted by molar-refractivity contribution is -0.378. The Hall–Kier alpha value is -0.320. The zero-order valence-corrected chi connectivity index (χ0v) is 8.34. The van der Waals surface area contributed by atoms with E-state index in [4.69, 9.17) is 14.9 Å². The molecular formula is C8H16O8. The van der Waals surface area contributed by atoms with E-state index < -0.39 is 49.5 Å². The first-order valence-electron chi connectivity index (χ1n) is 4.72. The van der Waals surface area contributed by atoms with Crippen LogP contribution in [0.25, 0.3) is 0 Å². The molecule has 1 unspecified atom stereocenters. The lowest BCUT2D eigenvalue weighted by Gasteiger charge is -2.46. The molecule has 1 saturated heterocycles. The maximum Gasteiger partial charge on any atom is 0.224 e. The van der Waals surface area contributed by atoms with Crippen LogP contribution in [0.1, 0.15) is 0 Å². The minimum Gasteiger partial charge on any atom is -0.394 e. The second-order valence-electron chi connectivity index (χ2n) is 3.72. The standard InChI is InChI=1S/C8H16O8/c9-1-3-5(12)6(13)7(14)8(15,16-3)4(11)2-10/h3-7,9-15H,1-2H2/t3-,4-,5+,6+,7-,8?/m0/s1. The van der Waals surface area contributed by atoms with Gasteiger partial charge in [-0.15, -0.1) is 0 Å². The van der Waals surface area contributed by atoms with Gasteiger partial charge in [0.25, 0.3) is 0 Å². The molecule has 0 aromatic heterocycles. The average Bonchev–Trinajstić information content (AvgIpc) is 2.30. The summed E-state index contributed by atoms with van der Waals surface area (Å²) in [5.74, 6) is -2.64. The maximum atomic E-state index is 9.73. The Morgan fingerprint density at radius 2 is 1.69 bits per heavy atom. The van der Waals surface area contributed by atoms with Gasteiger partial charge < -0.3 is 40.5 Å². The third kappa shape index (κ3) is 2.06. The lowest BCUT2D eigenvalue weighted by atomic mass is 9.89. The second-order valence-corrected chi connectivity index (χ2v) is 3.72. The van der Waals surface area contributed by atoms with Gasteiger partial charge in [0.15, 0.2) is 0 Å². The summed E-state index contributed by atoms with van der Waals surface area (Å²) in [5.41, 5.74) is 0. The molecule has 1 aliphatic heterocycles. The fraction of sp³-hybridized carbons (Fsp3) is 1.00. The van der Waals surface area contributed by atoms with Crippen molar-refractivity contribution in [2.45, 2.75) is 36.3 Å². The second kappa shape index (κ2) is 4.90. The highest BCUT2D eigenvalue weighted by atomic mass is 16.7. The van der Waals surface area contributed by atoms with Crippen LogP contribution in [0, 0.1) is 0 Å². The van der Waals surface area contributed by atoms with Crippen molar-refractivity contribution in [2.75, 3.05) is 13.2 Å². The van der Waals surface area contributed by atoms with Crippen LogP contribution in [0.15, 0.2) is 0 Å². The summed E-state index contributed by atoms with van der Waals surface area (Å²) < 4.78 is 4.71. The first-order chi connectivity index (χ1) is 7.38. The van der Waals surface area contributed by atoms with Crippen molar-refractivity contribution in [3.63, 3.8) is 0 Å². The van der Waals surface area contributed by atoms with Crippen molar-refractivity contribution < 1.29 is 40.5 Å². The van der Waals surface area contributed by atoms with Crippen LogP contribution in [0.4, 0.5) is 0 Å². The molecular weight excluding hydrogens is 224 g/mol. The number of ether oxygens (including phenoxy) is 1. The Morgan fingerprint density at radius 1 is 1.12 bits per heavy atom. The molecule has 1 heterocycles. The molecule has 0 aromatic carbocycles. The van der Waals surface area contributed by atoms with Crippen molar-refractivity contribution in [1.29, 1.82) is 0 Å². The summed E-state index contributed by atoms with van der Waals surface area (Å²) in [5, 5.41) is 64.7. The number of aliphatic hydroxyl groups excluding tert-OH is 6. The van der Waals surface area contributed by atoms with Crippen LogP contribution >= 0.6 is 0 Å². The molecule has 7 N–H and O–H groups in total. The summed E-state index contributed by atoms with van der Waals surface area (Å²) in [6.45, 7) is -1.65. The summed E-state index contributed by atoms with van der Waals surface area (Å²) in [6.07, 6.45) is -8.67. The molecule has 1 aliphatic rings. The minimum atomic E-state index is -2.64. The van der Waals surface area contributed by atoms with Crippen LogP contribution in [-0.2, 0) is 4.74 Å². The van der Waals surface area contributed by atoms with E-state index in [2.05, 4.69) is 0 Å². The Balaban J connectivity index is 2.93. The SMILES string of the molecule is OC[C@@H]1OC(O)([C@@H](O)CO)[C@@H](O)[C@H](O)[C@@H]1O. The summed E-state index contributed by atoms with van der Waals surface area (Å²) in [6, 6.07) is 0. The molecule has 1 fully saturated rings. The molecule has 0 bridgehead atoms. The van der Waals surface area contributed by atoms with Crippen LogP contribution in [0.5, 0.6) is 0 Å². The molecule has 0 amide bonds. The van der Waals surface area contributed by atoms with Gasteiger partial charge in [-0.25, -0.2) is 0 Å². The monoisotopic (exact) mass is 240 g/mol. The Morgan fingerprint density at radius 3 is 2.12 bits per heavy atom. The van der Waals surface area contributed by atoms with Crippen LogP contribution < -0.4 is 0 Å². The molecule has 16 heavy (non-hydrogen) atoms. The summed E-state index contributed by atoms with van der Waals surface area (Å²) in [7, 11) is 0. The van der Waals surface area contributed by atoms with Crippen molar-refractivity contribution >= 4 is 0 Å². The van der Waals surface area contributed by atoms with Crippen molar-refractivity contribution in [1.82, 2.24) is 0 Å². The van der Waals surface area contributed by atoms with Gasteiger partial charge in [-0.2, -0.15) is 0 Å². The van der Waals surface area contributed by atoms with Gasteiger partial charge in [-0.1, -0.05) is 0 Å². The van der Waals surface area contributed by atoms with Crippen LogP contribution in [0.2, 0.25) is 0 Å². The molecule has 8 nitrogen and oxygen atoms in total. The largest absolute Gasteiger partial charge is 0.394 e. The van der Waals surface area contributed by atoms with Crippen LogP contribution in [-0.4, -0.2) is 85.3 Å². The number of rotatable bonds is 3. The fourth-order valence-corrected chi connectivity index (χ4v) is 1.58. The van der Waals surface area contributed by atoms with Gasteiger partial charge in [0.05, 0.1) is 13.2 Å². The quantitative estimate of drug-likeness (QED) is 0.261. The van der Waals surface area contributed by atoms with Crippen molar-refractivity contribution in [3.8, 4) is 0 Å². The molecule has 96 valence electrons. The van der Waals surface area contributed by atoms with E-state index in [-0.39, 0.29) is 0 Å². The number of hydrogen-bond acceptors (Lipinski definition) is 8. The predicted octanol–water partition coefficient (Wildman–Crippen LogP) is -4.50. The highest BCUT2D eigenvalue weighted by Gasteiger charge is 2.56. The lowest BCUT2D eigenvalue weighted by Crippen LogP contribution is -2.69. The predicted molar refractivity (Wildman–Crippen MR) is 48.0 cm³/mol. The molecule has 6 atom stereocenters. The third-order valence-corrected chi connectivity index (χ3v) is 2.65. The Kier molecular flexibility index (Phi) is 4.21. The zero-order chi connectivity index (χ0) is 12.5. The highest BCUT2D eigenvalue weighted by molar-refractivity contribution is 4.99. The molecule has 0 radical (unpaired) electrons. The van der Waals surface area contributed by atoms with Gasteiger partial charge in [-0.05, 0) is 0 Å². The van der Waals surface area contributed by atoms with Gasteiger partial charge in [-0.3, -0.25) is 0 Å². The Labute approximate surface area is 91.0 Å². The van der Waals surface area contributed by atoms with Crippen molar-refractivity contribution in [3.05, 3.63) is 0 Å².